The van der Waals surface area contributed by atoms with Crippen molar-refractivity contribution in [2.45, 2.75) is 4.90 Å². The van der Waals surface area contributed by atoms with Gasteiger partial charge in [0.1, 0.15) is 16.7 Å². The van der Waals surface area contributed by atoms with Gasteiger partial charge in [-0.15, -0.1) is 0 Å². The van der Waals surface area contributed by atoms with Crippen LogP contribution in [0.3, 0.4) is 0 Å². The maximum atomic E-state index is 13.0. The van der Waals surface area contributed by atoms with Crippen molar-refractivity contribution < 1.29 is 21.6 Å². The predicted molar refractivity (Wildman–Crippen MR) is 66.1 cm³/mol. The molecule has 21 heavy (non-hydrogen) atoms. The van der Waals surface area contributed by atoms with Crippen molar-refractivity contribution in [3.63, 3.8) is 0 Å². The summed E-state index contributed by atoms with van der Waals surface area (Å²) in [6, 6.07) is 4.99. The molecule has 1 aromatic carbocycles. The summed E-state index contributed by atoms with van der Waals surface area (Å²) in [5.74, 6) is -4.74. The molecule has 0 unspecified atom stereocenters. The Morgan fingerprint density at radius 2 is 1.76 bits per heavy atom. The molecule has 1 N–H and O–H groups in total. The fourth-order valence-electron chi connectivity index (χ4n) is 1.43. The number of aromatic nitrogens is 1. The van der Waals surface area contributed by atoms with Gasteiger partial charge < -0.3 is 0 Å². The molecule has 0 spiro atoms. The van der Waals surface area contributed by atoms with Crippen LogP contribution in [-0.4, -0.2) is 13.4 Å². The van der Waals surface area contributed by atoms with Gasteiger partial charge in [0.05, 0.1) is 5.69 Å². The highest BCUT2D eigenvalue weighted by molar-refractivity contribution is 7.92. The maximum absolute atomic E-state index is 13.0. The van der Waals surface area contributed by atoms with Crippen molar-refractivity contribution in [2.24, 2.45) is 0 Å². The molecule has 0 aliphatic carbocycles. The van der Waals surface area contributed by atoms with Gasteiger partial charge in [-0.3, -0.25) is 4.72 Å². The first-order valence-corrected chi connectivity index (χ1v) is 6.85. The number of pyridine rings is 1. The van der Waals surface area contributed by atoms with E-state index in [9.17, 15) is 21.6 Å². The average Bonchev–Trinajstić information content (AvgIpc) is 2.44. The highest BCUT2D eigenvalue weighted by Crippen LogP contribution is 2.20. The van der Waals surface area contributed by atoms with E-state index in [2.05, 4.69) is 4.98 Å². The summed E-state index contributed by atoms with van der Waals surface area (Å²) in [5, 5.41) is 8.56. The minimum absolute atomic E-state index is 0.00724. The molecule has 0 aliphatic rings. The smallest absolute Gasteiger partial charge is 0.263 e. The fraction of sp³-hybridized carbons (Fsp3) is 0. The predicted octanol–water partition coefficient (Wildman–Crippen LogP) is 2.17. The monoisotopic (exact) mass is 313 g/mol. The summed E-state index contributed by atoms with van der Waals surface area (Å²) in [4.78, 5) is 3.25. The van der Waals surface area contributed by atoms with Crippen LogP contribution in [0.5, 0.6) is 0 Å². The summed E-state index contributed by atoms with van der Waals surface area (Å²) < 4.78 is 64.6. The normalized spacial score (nSPS) is 11.0. The van der Waals surface area contributed by atoms with Gasteiger partial charge in [-0.25, -0.2) is 26.6 Å². The number of rotatable bonds is 3. The van der Waals surface area contributed by atoms with Gasteiger partial charge in [0, 0.05) is 18.3 Å². The molecule has 2 rings (SSSR count). The number of sulfonamides is 1. The summed E-state index contributed by atoms with van der Waals surface area (Å²) in [5.41, 5.74) is -0.469. The molecule has 5 nitrogen and oxygen atoms in total. The van der Waals surface area contributed by atoms with E-state index in [1.54, 1.807) is 6.07 Å². The first-order valence-electron chi connectivity index (χ1n) is 5.37. The Morgan fingerprint density at radius 3 is 2.24 bits per heavy atom. The van der Waals surface area contributed by atoms with Crippen LogP contribution in [0.15, 0.2) is 35.4 Å². The maximum Gasteiger partial charge on any atom is 0.263 e. The second kappa shape index (κ2) is 5.41. The lowest BCUT2D eigenvalue weighted by Gasteiger charge is -2.08. The molecular weight excluding hydrogens is 307 g/mol. The lowest BCUT2D eigenvalue weighted by molar-refractivity contribution is 0.448. The van der Waals surface area contributed by atoms with E-state index in [-0.39, 0.29) is 10.6 Å². The van der Waals surface area contributed by atoms with Crippen LogP contribution >= 0.6 is 0 Å². The van der Waals surface area contributed by atoms with E-state index < -0.39 is 33.2 Å². The van der Waals surface area contributed by atoms with Gasteiger partial charge in [-0.1, -0.05) is 0 Å². The molecule has 0 bridgehead atoms. The van der Waals surface area contributed by atoms with Gasteiger partial charge in [0.15, 0.2) is 17.5 Å². The molecule has 0 fully saturated rings. The number of nitrogens with zero attached hydrogens (tertiary/aromatic N) is 2. The van der Waals surface area contributed by atoms with Gasteiger partial charge in [-0.05, 0) is 12.1 Å². The molecule has 0 saturated heterocycles. The number of anilines is 1. The lowest BCUT2D eigenvalue weighted by Crippen LogP contribution is -2.14. The van der Waals surface area contributed by atoms with Crippen LogP contribution in [-0.2, 0) is 10.0 Å². The number of halogens is 3. The zero-order chi connectivity index (χ0) is 15.6. The molecule has 0 aliphatic heterocycles. The first kappa shape index (κ1) is 14.8. The summed E-state index contributed by atoms with van der Waals surface area (Å²) >= 11 is 0. The summed E-state index contributed by atoms with van der Waals surface area (Å²) in [6.07, 6.45) is 0.914. The Bertz CT molecular complexity index is 807. The van der Waals surface area contributed by atoms with Crippen LogP contribution in [0.1, 0.15) is 5.69 Å². The van der Waals surface area contributed by atoms with Gasteiger partial charge in [0.2, 0.25) is 0 Å². The molecule has 0 amide bonds. The zero-order valence-electron chi connectivity index (χ0n) is 10.1. The summed E-state index contributed by atoms with van der Waals surface area (Å²) in [6.45, 7) is 0. The van der Waals surface area contributed by atoms with Crippen molar-refractivity contribution >= 4 is 15.7 Å². The minimum atomic E-state index is -4.16. The SMILES string of the molecule is N#Cc1ccc(S(=O)(=O)Nc2cc(F)c(F)c(F)c2)cn1. The van der Waals surface area contributed by atoms with E-state index >= 15 is 0 Å². The number of hydrogen-bond acceptors (Lipinski definition) is 4. The Balaban J connectivity index is 2.35. The van der Waals surface area contributed by atoms with Crippen molar-refractivity contribution in [3.05, 3.63) is 53.6 Å². The molecule has 0 radical (unpaired) electrons. The summed E-state index contributed by atoms with van der Waals surface area (Å²) in [7, 11) is -4.16. The Kier molecular flexibility index (Phi) is 3.82. The van der Waals surface area contributed by atoms with Crippen LogP contribution in [0.2, 0.25) is 0 Å². The molecular formula is C12H6F3N3O2S. The van der Waals surface area contributed by atoms with Crippen molar-refractivity contribution in [2.75, 3.05) is 4.72 Å². The molecule has 0 atom stereocenters. The highest BCUT2D eigenvalue weighted by atomic mass is 32.2. The number of hydrogen-bond donors (Lipinski definition) is 1. The lowest BCUT2D eigenvalue weighted by atomic mass is 10.3. The van der Waals surface area contributed by atoms with E-state index in [1.165, 1.54) is 6.07 Å². The number of benzene rings is 1. The topological polar surface area (TPSA) is 82.8 Å². The van der Waals surface area contributed by atoms with Crippen LogP contribution in [0, 0.1) is 28.8 Å². The fourth-order valence-corrected chi connectivity index (χ4v) is 2.42. The Hall–Kier alpha value is -2.60. The van der Waals surface area contributed by atoms with E-state index in [0.29, 0.717) is 12.1 Å². The second-order valence-electron chi connectivity index (χ2n) is 3.85. The molecule has 1 heterocycles. The quantitative estimate of drug-likeness (QED) is 0.880. The van der Waals surface area contributed by atoms with Crippen molar-refractivity contribution in [1.29, 1.82) is 5.26 Å². The Morgan fingerprint density at radius 1 is 1.14 bits per heavy atom. The zero-order valence-corrected chi connectivity index (χ0v) is 11.0. The molecule has 1 aromatic heterocycles. The van der Waals surface area contributed by atoms with E-state index in [0.717, 1.165) is 12.3 Å². The average molecular weight is 313 g/mol. The van der Waals surface area contributed by atoms with Crippen LogP contribution < -0.4 is 4.72 Å². The van der Waals surface area contributed by atoms with Crippen molar-refractivity contribution in [3.8, 4) is 6.07 Å². The van der Waals surface area contributed by atoms with Gasteiger partial charge in [0.25, 0.3) is 10.0 Å². The second-order valence-corrected chi connectivity index (χ2v) is 5.53. The molecule has 0 saturated carbocycles. The largest absolute Gasteiger partial charge is 0.279 e. The first-order chi connectivity index (χ1) is 9.83. The standard InChI is InChI=1S/C12H6F3N3O2S/c13-10-3-8(4-11(14)12(10)15)18-21(19,20)9-2-1-7(5-16)17-6-9/h1-4,6,18H. The third-order valence-corrected chi connectivity index (χ3v) is 3.76. The molecule has 9 heteroatoms. The highest BCUT2D eigenvalue weighted by Gasteiger charge is 2.17. The van der Waals surface area contributed by atoms with E-state index in [1.807, 2.05) is 4.72 Å². The third-order valence-electron chi connectivity index (χ3n) is 2.40. The Labute approximate surface area is 117 Å². The third kappa shape index (κ3) is 3.11. The molecule has 2 aromatic rings. The minimum Gasteiger partial charge on any atom is -0.279 e. The number of nitrogens with one attached hydrogen (secondary N) is 1. The molecule has 108 valence electrons. The van der Waals surface area contributed by atoms with Gasteiger partial charge in [-0.2, -0.15) is 5.26 Å². The van der Waals surface area contributed by atoms with Gasteiger partial charge >= 0.3 is 0 Å². The van der Waals surface area contributed by atoms with Crippen molar-refractivity contribution in [1.82, 2.24) is 4.98 Å². The van der Waals surface area contributed by atoms with Crippen LogP contribution in [0.25, 0.3) is 0 Å². The van der Waals surface area contributed by atoms with Crippen LogP contribution in [0.4, 0.5) is 18.9 Å². The van der Waals surface area contributed by atoms with E-state index in [4.69, 9.17) is 5.26 Å². The number of nitriles is 1.